The minimum absolute atomic E-state index is 0.00830. The van der Waals surface area contributed by atoms with Gasteiger partial charge in [0.25, 0.3) is 8.32 Å². The van der Waals surface area contributed by atoms with E-state index in [1.54, 1.807) is 0 Å². The van der Waals surface area contributed by atoms with E-state index >= 15 is 0 Å². The Morgan fingerprint density at radius 3 is 1.79 bits per heavy atom. The number of hydrogen-bond acceptors (Lipinski definition) is 2. The van der Waals surface area contributed by atoms with Gasteiger partial charge in [0.1, 0.15) is 0 Å². The second kappa shape index (κ2) is 7.88. The minimum atomic E-state index is -2.57. The van der Waals surface area contributed by atoms with Crippen molar-refractivity contribution in [2.75, 3.05) is 0 Å². The lowest BCUT2D eigenvalue weighted by Crippen LogP contribution is -2.66. The number of aliphatic hydroxyl groups excluding tert-OH is 1. The number of hydrogen-bond donors (Lipinski definition) is 1. The van der Waals surface area contributed by atoms with E-state index in [-0.39, 0.29) is 12.0 Å². The van der Waals surface area contributed by atoms with Crippen molar-refractivity contribution in [2.45, 2.75) is 25.2 Å². The molecule has 142 valence electrons. The molecule has 0 amide bonds. The van der Waals surface area contributed by atoms with Crippen molar-refractivity contribution in [1.29, 1.82) is 0 Å². The predicted octanol–water partition coefficient (Wildman–Crippen LogP) is 4.07. The van der Waals surface area contributed by atoms with Gasteiger partial charge in [0, 0.05) is 5.92 Å². The molecule has 1 fully saturated rings. The van der Waals surface area contributed by atoms with Gasteiger partial charge in [-0.3, -0.25) is 0 Å². The molecule has 0 aromatic heterocycles. The molecule has 0 saturated carbocycles. The number of aliphatic hydroxyl groups is 1. The largest absolute Gasteiger partial charge is 0.398 e. The van der Waals surface area contributed by atoms with Crippen LogP contribution < -0.4 is 10.4 Å². The molecule has 0 unspecified atom stereocenters. The standard InChI is InChI=1S/C25H26O2Si/c1-19(2)23-18-28(21-14-8-4-9-15-21,22-16-10-5-11-17-22)27-25(24(23)26)20-12-6-3-7-13-20/h3-17,23-26H,1,18H2,2H3/t23-,24-,25+/m1/s1. The lowest BCUT2D eigenvalue weighted by atomic mass is 9.90. The van der Waals surface area contributed by atoms with Gasteiger partial charge in [-0.05, 0) is 28.9 Å². The first kappa shape index (κ1) is 18.9. The van der Waals surface area contributed by atoms with Gasteiger partial charge in [-0.15, -0.1) is 0 Å². The second-order valence-corrected chi connectivity index (χ2v) is 11.1. The van der Waals surface area contributed by atoms with E-state index in [4.69, 9.17) is 4.43 Å². The molecular weight excluding hydrogens is 360 g/mol. The third-order valence-electron chi connectivity index (χ3n) is 5.80. The van der Waals surface area contributed by atoms with Gasteiger partial charge in [0.2, 0.25) is 0 Å². The molecule has 1 heterocycles. The lowest BCUT2D eigenvalue weighted by Gasteiger charge is -2.47. The maximum absolute atomic E-state index is 11.2. The summed E-state index contributed by atoms with van der Waals surface area (Å²) in [6.45, 7) is 6.24. The molecule has 3 atom stereocenters. The number of benzene rings is 3. The van der Waals surface area contributed by atoms with Crippen LogP contribution >= 0.6 is 0 Å². The summed E-state index contributed by atoms with van der Waals surface area (Å²) in [5.74, 6) is -0.00830. The third kappa shape index (κ3) is 3.37. The monoisotopic (exact) mass is 386 g/mol. The average Bonchev–Trinajstić information content (AvgIpc) is 2.76. The molecule has 3 heteroatoms. The summed E-state index contributed by atoms with van der Waals surface area (Å²) in [5, 5.41) is 13.7. The Bertz CT molecular complexity index is 885. The summed E-state index contributed by atoms with van der Waals surface area (Å²) in [6.07, 6.45) is -0.975. The summed E-state index contributed by atoms with van der Waals surface area (Å²) in [7, 11) is -2.57. The van der Waals surface area contributed by atoms with Gasteiger partial charge in [-0.1, -0.05) is 103 Å². The van der Waals surface area contributed by atoms with Gasteiger partial charge in [-0.25, -0.2) is 0 Å². The molecule has 1 aliphatic rings. The molecule has 0 spiro atoms. The zero-order chi connectivity index (χ0) is 19.6. The molecule has 1 N–H and O–H groups in total. The van der Waals surface area contributed by atoms with Crippen LogP contribution in [0.25, 0.3) is 0 Å². The van der Waals surface area contributed by atoms with Gasteiger partial charge in [-0.2, -0.15) is 0 Å². The maximum atomic E-state index is 11.2. The van der Waals surface area contributed by atoms with E-state index in [0.717, 1.165) is 17.2 Å². The van der Waals surface area contributed by atoms with Crippen LogP contribution in [-0.2, 0) is 4.43 Å². The van der Waals surface area contributed by atoms with Crippen LogP contribution in [0.15, 0.2) is 103 Å². The molecule has 3 aromatic carbocycles. The molecule has 3 aromatic rings. The van der Waals surface area contributed by atoms with Crippen LogP contribution in [0.5, 0.6) is 0 Å². The Kier molecular flexibility index (Phi) is 5.31. The van der Waals surface area contributed by atoms with E-state index in [0.29, 0.717) is 0 Å². The normalized spacial score (nSPS) is 23.9. The molecule has 0 radical (unpaired) electrons. The van der Waals surface area contributed by atoms with Gasteiger partial charge in [0.15, 0.2) is 0 Å². The Hall–Kier alpha value is -2.46. The van der Waals surface area contributed by atoms with Crippen molar-refractivity contribution in [3.05, 3.63) is 109 Å². The van der Waals surface area contributed by atoms with Crippen molar-refractivity contribution in [2.24, 2.45) is 5.92 Å². The van der Waals surface area contributed by atoms with Crippen LogP contribution in [0.4, 0.5) is 0 Å². The Balaban J connectivity index is 1.90. The summed E-state index contributed by atoms with van der Waals surface area (Å²) in [5.41, 5.74) is 2.03. The van der Waals surface area contributed by atoms with Crippen molar-refractivity contribution in [3.63, 3.8) is 0 Å². The highest BCUT2D eigenvalue weighted by atomic mass is 28.4. The molecule has 0 bridgehead atoms. The molecule has 28 heavy (non-hydrogen) atoms. The first-order valence-electron chi connectivity index (χ1n) is 9.79. The molecule has 1 saturated heterocycles. The van der Waals surface area contributed by atoms with E-state index < -0.39 is 14.4 Å². The highest BCUT2D eigenvalue weighted by Gasteiger charge is 2.51. The zero-order valence-electron chi connectivity index (χ0n) is 16.2. The predicted molar refractivity (Wildman–Crippen MR) is 117 cm³/mol. The number of rotatable bonds is 4. The van der Waals surface area contributed by atoms with Crippen molar-refractivity contribution >= 4 is 18.7 Å². The van der Waals surface area contributed by atoms with E-state index in [9.17, 15) is 5.11 Å². The summed E-state index contributed by atoms with van der Waals surface area (Å²) in [4.78, 5) is 0. The topological polar surface area (TPSA) is 29.5 Å². The highest BCUT2D eigenvalue weighted by molar-refractivity contribution is 6.97. The fraction of sp³-hybridized carbons (Fsp3) is 0.200. The van der Waals surface area contributed by atoms with Gasteiger partial charge in [0.05, 0.1) is 12.2 Å². The van der Waals surface area contributed by atoms with Crippen LogP contribution in [0.3, 0.4) is 0 Å². The van der Waals surface area contributed by atoms with E-state index in [1.165, 1.54) is 10.4 Å². The summed E-state index contributed by atoms with van der Waals surface area (Å²) >= 11 is 0. The van der Waals surface area contributed by atoms with E-state index in [2.05, 4.69) is 55.1 Å². The smallest absolute Gasteiger partial charge is 0.257 e. The lowest BCUT2D eigenvalue weighted by molar-refractivity contribution is -0.0119. The van der Waals surface area contributed by atoms with E-state index in [1.807, 2.05) is 49.4 Å². The molecular formula is C25H26O2Si. The van der Waals surface area contributed by atoms with Crippen LogP contribution in [-0.4, -0.2) is 19.5 Å². The van der Waals surface area contributed by atoms with Gasteiger partial charge < -0.3 is 9.53 Å². The van der Waals surface area contributed by atoms with Crippen LogP contribution in [0.1, 0.15) is 18.6 Å². The quantitative estimate of drug-likeness (QED) is 0.541. The minimum Gasteiger partial charge on any atom is -0.398 e. The highest BCUT2D eigenvalue weighted by Crippen LogP contribution is 2.41. The molecule has 2 nitrogen and oxygen atoms in total. The maximum Gasteiger partial charge on any atom is 0.257 e. The summed E-state index contributed by atoms with van der Waals surface area (Å²) < 4.78 is 6.97. The van der Waals surface area contributed by atoms with Crippen molar-refractivity contribution in [1.82, 2.24) is 0 Å². The molecule has 0 aliphatic carbocycles. The van der Waals surface area contributed by atoms with Crippen LogP contribution in [0, 0.1) is 5.92 Å². The Morgan fingerprint density at radius 1 is 0.857 bits per heavy atom. The Labute approximate surface area is 168 Å². The fourth-order valence-corrected chi connectivity index (χ4v) is 8.86. The second-order valence-electron chi connectivity index (χ2n) is 7.66. The SMILES string of the molecule is C=C(C)[C@H]1C[Si](c2ccccc2)(c2ccccc2)O[C@@H](c2ccccc2)[C@@H]1O. The van der Waals surface area contributed by atoms with Crippen LogP contribution in [0.2, 0.25) is 6.04 Å². The average molecular weight is 387 g/mol. The molecule has 1 aliphatic heterocycles. The van der Waals surface area contributed by atoms with Crippen molar-refractivity contribution in [3.8, 4) is 0 Å². The fourth-order valence-electron chi connectivity index (χ4n) is 4.30. The van der Waals surface area contributed by atoms with Gasteiger partial charge >= 0.3 is 0 Å². The first-order chi connectivity index (χ1) is 13.6. The van der Waals surface area contributed by atoms with Crippen molar-refractivity contribution < 1.29 is 9.53 Å². The summed E-state index contributed by atoms with van der Waals surface area (Å²) in [6, 6.07) is 32.0. The Morgan fingerprint density at radius 2 is 1.32 bits per heavy atom. The third-order valence-corrected chi connectivity index (χ3v) is 10.0. The first-order valence-corrected chi connectivity index (χ1v) is 11.9. The molecule has 4 rings (SSSR count). The zero-order valence-corrected chi connectivity index (χ0v) is 17.2.